The first-order valence-electron chi connectivity index (χ1n) is 17.4. The molecule has 2 aliphatic rings. The molecule has 0 saturated carbocycles. The van der Waals surface area contributed by atoms with E-state index < -0.39 is 53.1 Å². The van der Waals surface area contributed by atoms with Crippen molar-refractivity contribution in [3.05, 3.63) is 29.9 Å². The average molecular weight is 697 g/mol. The fourth-order valence-electron chi connectivity index (χ4n) is 7.22. The molecule has 2 aromatic heterocycles. The van der Waals surface area contributed by atoms with Crippen molar-refractivity contribution in [3.8, 4) is 10.7 Å². The molecule has 14 heteroatoms. The van der Waals surface area contributed by atoms with Gasteiger partial charge in [-0.1, -0.05) is 51.0 Å². The van der Waals surface area contributed by atoms with Crippen molar-refractivity contribution in [2.45, 2.75) is 116 Å². The van der Waals surface area contributed by atoms with Crippen molar-refractivity contribution in [3.63, 3.8) is 0 Å². The number of carbonyl (C=O) groups excluding carboxylic acids is 3. The molecule has 0 spiro atoms. The molecular formula is C35H53BN6O6S. The zero-order chi connectivity index (χ0) is 36.1. The third kappa shape index (κ3) is 8.28. The van der Waals surface area contributed by atoms with Gasteiger partial charge >= 0.3 is 12.1 Å². The van der Waals surface area contributed by atoms with Gasteiger partial charge in [0.1, 0.15) is 28.5 Å². The molecule has 2 aromatic rings. The number of rotatable bonds is 8. The average Bonchev–Trinajstić information content (AvgIpc) is 3.84. The van der Waals surface area contributed by atoms with Crippen LogP contribution in [0.2, 0.25) is 5.31 Å². The largest absolute Gasteiger partial charge is 0.458 e. The first kappa shape index (κ1) is 38.7. The van der Waals surface area contributed by atoms with Crippen LogP contribution in [-0.4, -0.2) is 113 Å². The fraction of sp³-hybridized carbons (Fsp3) is 0.714. The number of methoxy groups -OCH3 is 1. The summed E-state index contributed by atoms with van der Waals surface area (Å²) >= 11 is 1.50. The second kappa shape index (κ2) is 16.3. The summed E-state index contributed by atoms with van der Waals surface area (Å²) in [6.07, 6.45) is 8.37. The first-order chi connectivity index (χ1) is 23.2. The number of hydrogen-bond donors (Lipinski definition) is 0. The van der Waals surface area contributed by atoms with E-state index in [2.05, 4.69) is 41.1 Å². The van der Waals surface area contributed by atoms with Crippen molar-refractivity contribution in [1.82, 2.24) is 29.8 Å². The highest BCUT2D eigenvalue weighted by Gasteiger charge is 2.59. The molecule has 2 radical (unpaired) electrons. The molecule has 0 aromatic carbocycles. The number of carbonyl (C=O) groups is 3. The number of ketones is 1. The number of aromatic nitrogens is 4. The predicted molar refractivity (Wildman–Crippen MR) is 189 cm³/mol. The number of Topliss-reactive ketones (excluding diaryl/α,β-unsaturated/α-hetero) is 1. The van der Waals surface area contributed by atoms with Gasteiger partial charge in [-0.15, -0.1) is 16.4 Å². The lowest BCUT2D eigenvalue weighted by Crippen LogP contribution is -2.60. The highest BCUT2D eigenvalue weighted by atomic mass is 32.1. The number of thiazole rings is 1. The molecule has 2 saturated heterocycles. The van der Waals surface area contributed by atoms with Crippen LogP contribution in [0.4, 0.5) is 4.79 Å². The van der Waals surface area contributed by atoms with E-state index in [1.165, 1.54) is 11.3 Å². The van der Waals surface area contributed by atoms with E-state index in [4.69, 9.17) is 22.1 Å². The van der Waals surface area contributed by atoms with Crippen LogP contribution in [-0.2, 0) is 30.3 Å². The topological polar surface area (TPSA) is 129 Å². The quantitative estimate of drug-likeness (QED) is 0.157. The fourth-order valence-corrected chi connectivity index (χ4v) is 7.81. The predicted octanol–water partition coefficient (Wildman–Crippen LogP) is 5.20. The molecule has 49 heavy (non-hydrogen) atoms. The Hall–Kier alpha value is -3.10. The second-order valence-corrected chi connectivity index (χ2v) is 15.0. The lowest BCUT2D eigenvalue weighted by Gasteiger charge is -2.44. The zero-order valence-electron chi connectivity index (χ0n) is 30.5. The van der Waals surface area contributed by atoms with Gasteiger partial charge < -0.3 is 19.1 Å². The van der Waals surface area contributed by atoms with Crippen LogP contribution >= 0.6 is 11.3 Å². The van der Waals surface area contributed by atoms with Crippen molar-refractivity contribution >= 4 is 37.0 Å². The number of ether oxygens (including phenoxy) is 3. The van der Waals surface area contributed by atoms with Crippen LogP contribution in [0.5, 0.6) is 0 Å². The standard InChI is InChI=1S/C35H53BN6O6S/c1-10-28-34(7)30(42(33(45)48-34)18-12-11-17-41-21-27(38-39-41)31-37-16-20-49-31)25(5)40(8)19-14-22(2)13-15-35(36,26(6)46-9)24(4)29(43)23(3)32(44)47-28/h11-12,16,20-26,28,30H,10,13-15,17-19H2,1-9H3/b12-11+/t22-,23+,24-,25-,26?,28+,30+,34+,35-/m0/s1. The molecule has 12 nitrogen and oxygen atoms in total. The van der Waals surface area contributed by atoms with E-state index in [9.17, 15) is 14.4 Å². The molecule has 0 bridgehead atoms. The summed E-state index contributed by atoms with van der Waals surface area (Å²) in [6.45, 7) is 14.8. The highest BCUT2D eigenvalue weighted by Crippen LogP contribution is 2.45. The van der Waals surface area contributed by atoms with Crippen LogP contribution in [0.15, 0.2) is 29.9 Å². The lowest BCUT2D eigenvalue weighted by atomic mass is 9.53. The van der Waals surface area contributed by atoms with Gasteiger partial charge in [0, 0.05) is 37.2 Å². The minimum absolute atomic E-state index is 0.157. The molecular weight excluding hydrogens is 643 g/mol. The molecule has 0 aliphatic carbocycles. The molecule has 0 N–H and O–H groups in total. The third-order valence-electron chi connectivity index (χ3n) is 11.0. The Bertz CT molecular complexity index is 1460. The van der Waals surface area contributed by atoms with Gasteiger partial charge in [-0.2, -0.15) is 0 Å². The lowest BCUT2D eigenvalue weighted by molar-refractivity contribution is -0.171. The van der Waals surface area contributed by atoms with Crippen LogP contribution in [0.3, 0.4) is 0 Å². The molecule has 2 fully saturated rings. The van der Waals surface area contributed by atoms with Crippen molar-refractivity contribution in [2.24, 2.45) is 17.8 Å². The van der Waals surface area contributed by atoms with E-state index in [-0.39, 0.29) is 18.4 Å². The molecule has 4 rings (SSSR count). The maximum Gasteiger partial charge on any atom is 0.411 e. The number of likely N-dealkylation sites (N-methyl/N-ethyl adjacent to an activating group) is 1. The number of cyclic esters (lactones) is 1. The second-order valence-electron chi connectivity index (χ2n) is 14.1. The molecule has 9 atom stereocenters. The summed E-state index contributed by atoms with van der Waals surface area (Å²) in [4.78, 5) is 49.4. The van der Waals surface area contributed by atoms with Gasteiger partial charge in [0.05, 0.1) is 32.7 Å². The van der Waals surface area contributed by atoms with Crippen molar-refractivity contribution < 1.29 is 28.6 Å². The molecule has 268 valence electrons. The number of nitrogens with zero attached hydrogens (tertiary/aromatic N) is 6. The maximum absolute atomic E-state index is 13.8. The summed E-state index contributed by atoms with van der Waals surface area (Å²) in [7, 11) is 10.6. The Morgan fingerprint density at radius 1 is 1.16 bits per heavy atom. The summed E-state index contributed by atoms with van der Waals surface area (Å²) in [5.74, 6) is -2.35. The monoisotopic (exact) mass is 696 g/mol. The Kier molecular flexibility index (Phi) is 12.9. The maximum atomic E-state index is 13.8. The van der Waals surface area contributed by atoms with E-state index >= 15 is 0 Å². The third-order valence-corrected chi connectivity index (χ3v) is 11.8. The minimum atomic E-state index is -1.18. The summed E-state index contributed by atoms with van der Waals surface area (Å²) in [6, 6.07) is -0.613. The van der Waals surface area contributed by atoms with Gasteiger partial charge in [-0.05, 0) is 65.4 Å². The smallest absolute Gasteiger partial charge is 0.411 e. The van der Waals surface area contributed by atoms with Crippen LogP contribution < -0.4 is 0 Å². The number of esters is 1. The van der Waals surface area contributed by atoms with Crippen LogP contribution in [0, 0.1) is 17.8 Å². The summed E-state index contributed by atoms with van der Waals surface area (Å²) < 4.78 is 19.7. The highest BCUT2D eigenvalue weighted by molar-refractivity contribution is 7.13. The Labute approximate surface area is 296 Å². The molecule has 2 aliphatic heterocycles. The number of fused-ring (bicyclic) bond motifs is 1. The summed E-state index contributed by atoms with van der Waals surface area (Å²) in [5.41, 5.74) is -0.478. The van der Waals surface area contributed by atoms with Crippen molar-refractivity contribution in [1.29, 1.82) is 0 Å². The van der Waals surface area contributed by atoms with Gasteiger partial charge in [-0.3, -0.25) is 14.5 Å². The van der Waals surface area contributed by atoms with Gasteiger partial charge in [0.2, 0.25) is 0 Å². The van der Waals surface area contributed by atoms with Gasteiger partial charge in [-0.25, -0.2) is 14.5 Å². The number of allylic oxidation sites excluding steroid dienone is 1. The first-order valence-corrected chi connectivity index (χ1v) is 18.3. The molecule has 1 amide bonds. The van der Waals surface area contributed by atoms with E-state index in [1.807, 2.05) is 44.5 Å². The Morgan fingerprint density at radius 2 is 1.88 bits per heavy atom. The summed E-state index contributed by atoms with van der Waals surface area (Å²) in [5, 5.41) is 10.1. The van der Waals surface area contributed by atoms with Crippen LogP contribution in [0.25, 0.3) is 10.7 Å². The molecule has 4 heterocycles. The normalized spacial score (nSPS) is 33.4. The number of amides is 1. The van der Waals surface area contributed by atoms with Gasteiger partial charge in [0.15, 0.2) is 5.60 Å². The number of hydrogen-bond acceptors (Lipinski definition) is 11. The SMILES string of the molecule is [B][C@@]1(C(C)OC)CC[C@H](C)CCN(C)[C@@H](C)[C@H]2N(C/C=C/Cn3cc(-c4nccs4)nn3)C(=O)O[C@]2(C)[C@@H](CC)OC(=O)[C@H](C)C(=O)[C@@H]1C. The minimum Gasteiger partial charge on any atom is -0.458 e. The Morgan fingerprint density at radius 3 is 2.53 bits per heavy atom. The molecule has 1 unspecified atom stereocenters. The van der Waals surface area contributed by atoms with E-state index in [0.717, 1.165) is 24.4 Å². The van der Waals surface area contributed by atoms with Gasteiger partial charge in [0.25, 0.3) is 0 Å². The van der Waals surface area contributed by atoms with E-state index in [0.29, 0.717) is 31.0 Å². The Balaban J connectivity index is 1.60. The van der Waals surface area contributed by atoms with E-state index in [1.54, 1.807) is 36.7 Å². The zero-order valence-corrected chi connectivity index (χ0v) is 31.3. The van der Waals surface area contributed by atoms with Crippen LogP contribution in [0.1, 0.15) is 74.1 Å². The van der Waals surface area contributed by atoms with Crippen molar-refractivity contribution in [2.75, 3.05) is 27.2 Å².